The van der Waals surface area contributed by atoms with E-state index in [-0.39, 0.29) is 0 Å². The lowest BCUT2D eigenvalue weighted by atomic mass is 10.1. The summed E-state index contributed by atoms with van der Waals surface area (Å²) in [5.41, 5.74) is 3.57. The summed E-state index contributed by atoms with van der Waals surface area (Å²) in [6.07, 6.45) is 1.56. The van der Waals surface area contributed by atoms with E-state index in [1.54, 1.807) is 20.4 Å². The molecular formula is C24H28N4O4. The first-order valence-electron chi connectivity index (χ1n) is 10.2. The number of nitrogens with one attached hydrogen (secondary N) is 1. The van der Waals surface area contributed by atoms with Crippen LogP contribution in [0.2, 0.25) is 0 Å². The lowest BCUT2D eigenvalue weighted by Crippen LogP contribution is -2.10. The SMILES string of the molecule is COCCOc1ccc2ncc(C#N)c(Nc3cccc(N(C)C)c3)c2c1OCCOC. The molecule has 0 spiro atoms. The molecule has 8 heteroatoms. The number of benzene rings is 2. The quantitative estimate of drug-likeness (QED) is 0.452. The number of hydrogen-bond donors (Lipinski definition) is 1. The van der Waals surface area contributed by atoms with E-state index in [0.717, 1.165) is 11.4 Å². The Bertz CT molecular complexity index is 1100. The fraction of sp³-hybridized carbons (Fsp3) is 0.333. The van der Waals surface area contributed by atoms with Crippen LogP contribution in [0.1, 0.15) is 5.56 Å². The van der Waals surface area contributed by atoms with E-state index in [9.17, 15) is 5.26 Å². The highest BCUT2D eigenvalue weighted by Crippen LogP contribution is 2.41. The second kappa shape index (κ2) is 11.2. The van der Waals surface area contributed by atoms with E-state index in [0.29, 0.717) is 60.1 Å². The van der Waals surface area contributed by atoms with Crippen molar-refractivity contribution in [2.24, 2.45) is 0 Å². The molecule has 0 saturated heterocycles. The van der Waals surface area contributed by atoms with Crippen LogP contribution in [0.3, 0.4) is 0 Å². The van der Waals surface area contributed by atoms with Crippen molar-refractivity contribution >= 4 is 28.0 Å². The van der Waals surface area contributed by atoms with E-state index >= 15 is 0 Å². The molecule has 0 atom stereocenters. The van der Waals surface area contributed by atoms with Crippen molar-refractivity contribution in [2.45, 2.75) is 0 Å². The first kappa shape index (κ1) is 23.1. The number of anilines is 3. The maximum absolute atomic E-state index is 9.80. The zero-order valence-corrected chi connectivity index (χ0v) is 18.8. The third kappa shape index (κ3) is 5.38. The largest absolute Gasteiger partial charge is 0.487 e. The summed E-state index contributed by atoms with van der Waals surface area (Å²) in [4.78, 5) is 6.48. The van der Waals surface area contributed by atoms with Gasteiger partial charge < -0.3 is 29.2 Å². The van der Waals surface area contributed by atoms with Crippen LogP contribution >= 0.6 is 0 Å². The molecule has 0 aliphatic carbocycles. The van der Waals surface area contributed by atoms with E-state index in [2.05, 4.69) is 16.4 Å². The summed E-state index contributed by atoms with van der Waals surface area (Å²) in [5, 5.41) is 13.9. The maximum atomic E-state index is 9.80. The van der Waals surface area contributed by atoms with Gasteiger partial charge in [0.25, 0.3) is 0 Å². The minimum atomic E-state index is 0.322. The molecule has 0 unspecified atom stereocenters. The zero-order valence-electron chi connectivity index (χ0n) is 18.8. The zero-order chi connectivity index (χ0) is 22.9. The van der Waals surface area contributed by atoms with Gasteiger partial charge in [-0.15, -0.1) is 0 Å². The average Bonchev–Trinajstić information content (AvgIpc) is 2.80. The van der Waals surface area contributed by atoms with Gasteiger partial charge in [0.05, 0.1) is 35.4 Å². The van der Waals surface area contributed by atoms with E-state index in [1.807, 2.05) is 55.4 Å². The predicted molar refractivity (Wildman–Crippen MR) is 125 cm³/mol. The third-order valence-electron chi connectivity index (χ3n) is 4.78. The van der Waals surface area contributed by atoms with Gasteiger partial charge in [-0.05, 0) is 30.3 Å². The van der Waals surface area contributed by atoms with Crippen LogP contribution in [0.5, 0.6) is 11.5 Å². The lowest BCUT2D eigenvalue weighted by Gasteiger charge is -2.19. The summed E-state index contributed by atoms with van der Waals surface area (Å²) in [5.74, 6) is 1.05. The van der Waals surface area contributed by atoms with Crippen molar-refractivity contribution in [1.29, 1.82) is 5.26 Å². The first-order chi connectivity index (χ1) is 15.6. The molecule has 168 valence electrons. The Morgan fingerprint density at radius 2 is 1.75 bits per heavy atom. The van der Waals surface area contributed by atoms with Gasteiger partial charge in [-0.25, -0.2) is 0 Å². The van der Waals surface area contributed by atoms with Crippen molar-refractivity contribution in [1.82, 2.24) is 4.98 Å². The molecule has 0 fully saturated rings. The Balaban J connectivity index is 2.15. The fourth-order valence-corrected chi connectivity index (χ4v) is 3.18. The number of rotatable bonds is 11. The highest BCUT2D eigenvalue weighted by molar-refractivity contribution is 6.01. The van der Waals surface area contributed by atoms with Crippen molar-refractivity contribution in [2.75, 3.05) is 65.0 Å². The molecule has 1 aromatic heterocycles. The number of nitriles is 1. The van der Waals surface area contributed by atoms with Crippen molar-refractivity contribution in [3.05, 3.63) is 48.2 Å². The first-order valence-corrected chi connectivity index (χ1v) is 10.2. The standard InChI is InChI=1S/C24H28N4O4/c1-28(2)19-7-5-6-18(14-19)27-23-17(15-25)16-26-20-8-9-21(31-12-10-29-3)24(22(20)23)32-13-11-30-4/h5-9,14,16H,10-13H2,1-4H3,(H,26,27). The molecule has 32 heavy (non-hydrogen) atoms. The predicted octanol–water partition coefficient (Wildman–Crippen LogP) is 3.97. The minimum absolute atomic E-state index is 0.322. The van der Waals surface area contributed by atoms with Gasteiger partial charge in [0.15, 0.2) is 11.5 Å². The second-order valence-electron chi connectivity index (χ2n) is 7.20. The van der Waals surface area contributed by atoms with Crippen molar-refractivity contribution in [3.63, 3.8) is 0 Å². The average molecular weight is 437 g/mol. The maximum Gasteiger partial charge on any atom is 0.172 e. The Morgan fingerprint density at radius 3 is 2.44 bits per heavy atom. The van der Waals surface area contributed by atoms with Gasteiger partial charge in [-0.3, -0.25) is 4.98 Å². The smallest absolute Gasteiger partial charge is 0.172 e. The summed E-state index contributed by atoms with van der Waals surface area (Å²) in [6.45, 7) is 1.53. The molecule has 0 aliphatic rings. The number of aromatic nitrogens is 1. The van der Waals surface area contributed by atoms with Gasteiger partial charge in [0.2, 0.25) is 0 Å². The Labute approximate surface area is 188 Å². The third-order valence-corrected chi connectivity index (χ3v) is 4.78. The summed E-state index contributed by atoms with van der Waals surface area (Å²) < 4.78 is 22.2. The normalized spacial score (nSPS) is 10.6. The fourth-order valence-electron chi connectivity index (χ4n) is 3.18. The minimum Gasteiger partial charge on any atom is -0.487 e. The lowest BCUT2D eigenvalue weighted by molar-refractivity contribution is 0.133. The molecule has 0 bridgehead atoms. The summed E-state index contributed by atoms with van der Waals surface area (Å²) in [6, 6.07) is 13.8. The number of hydrogen-bond acceptors (Lipinski definition) is 8. The van der Waals surface area contributed by atoms with E-state index < -0.39 is 0 Å². The van der Waals surface area contributed by atoms with Gasteiger partial charge in [-0.2, -0.15) is 5.26 Å². The molecule has 2 aromatic carbocycles. The summed E-state index contributed by atoms with van der Waals surface area (Å²) >= 11 is 0. The Kier molecular flexibility index (Phi) is 8.08. The molecule has 8 nitrogen and oxygen atoms in total. The Morgan fingerprint density at radius 1 is 1.00 bits per heavy atom. The highest BCUT2D eigenvalue weighted by atomic mass is 16.5. The number of fused-ring (bicyclic) bond motifs is 1. The van der Waals surface area contributed by atoms with Crippen LogP contribution in [0.15, 0.2) is 42.6 Å². The van der Waals surface area contributed by atoms with Crippen LogP contribution in [-0.2, 0) is 9.47 Å². The number of nitrogens with zero attached hydrogens (tertiary/aromatic N) is 3. The molecular weight excluding hydrogens is 408 g/mol. The number of methoxy groups -OCH3 is 2. The van der Waals surface area contributed by atoms with Gasteiger partial charge in [0, 0.05) is 45.9 Å². The van der Waals surface area contributed by atoms with E-state index in [1.165, 1.54) is 0 Å². The molecule has 1 N–H and O–H groups in total. The molecule has 0 amide bonds. The van der Waals surface area contributed by atoms with Crippen LogP contribution in [0, 0.1) is 11.3 Å². The van der Waals surface area contributed by atoms with Crippen LogP contribution in [0.25, 0.3) is 10.9 Å². The molecule has 3 aromatic rings. The van der Waals surface area contributed by atoms with Crippen LogP contribution < -0.4 is 19.7 Å². The highest BCUT2D eigenvalue weighted by Gasteiger charge is 2.19. The van der Waals surface area contributed by atoms with Gasteiger partial charge in [0.1, 0.15) is 19.3 Å². The molecule has 0 saturated carbocycles. The Hall–Kier alpha value is -3.54. The number of pyridine rings is 1. The summed E-state index contributed by atoms with van der Waals surface area (Å²) in [7, 11) is 7.19. The van der Waals surface area contributed by atoms with Crippen molar-refractivity contribution in [3.8, 4) is 17.6 Å². The van der Waals surface area contributed by atoms with Crippen molar-refractivity contribution < 1.29 is 18.9 Å². The second-order valence-corrected chi connectivity index (χ2v) is 7.20. The molecule has 0 aliphatic heterocycles. The van der Waals surface area contributed by atoms with Crippen LogP contribution in [0.4, 0.5) is 17.1 Å². The molecule has 3 rings (SSSR count). The van der Waals surface area contributed by atoms with E-state index in [4.69, 9.17) is 18.9 Å². The number of ether oxygens (including phenoxy) is 4. The molecule has 1 heterocycles. The topological polar surface area (TPSA) is 88.9 Å². The molecule has 0 radical (unpaired) electrons. The monoisotopic (exact) mass is 436 g/mol. The van der Waals surface area contributed by atoms with Gasteiger partial charge >= 0.3 is 0 Å². The van der Waals surface area contributed by atoms with Gasteiger partial charge in [-0.1, -0.05) is 6.07 Å². The van der Waals surface area contributed by atoms with Crippen LogP contribution in [-0.4, -0.2) is 59.7 Å².